The van der Waals surface area contributed by atoms with E-state index in [0.717, 1.165) is 21.2 Å². The van der Waals surface area contributed by atoms with Crippen molar-refractivity contribution in [3.05, 3.63) is 45.8 Å². The molecule has 2 aromatic rings. The van der Waals surface area contributed by atoms with Crippen LogP contribution in [0.2, 0.25) is 0 Å². The van der Waals surface area contributed by atoms with Crippen molar-refractivity contribution in [2.24, 2.45) is 0 Å². The second kappa shape index (κ2) is 4.97. The van der Waals surface area contributed by atoms with E-state index in [1.54, 1.807) is 0 Å². The smallest absolute Gasteiger partial charge is 0.0787 e. The Hall–Kier alpha value is -0.880. The first-order valence-corrected chi connectivity index (χ1v) is 6.27. The Morgan fingerprint density at radius 3 is 2.56 bits per heavy atom. The molecule has 3 nitrogen and oxygen atoms in total. The summed E-state index contributed by atoms with van der Waals surface area (Å²) in [6, 6.07) is 7.82. The predicted octanol–water partition coefficient (Wildman–Crippen LogP) is 2.92. The molecule has 16 heavy (non-hydrogen) atoms. The third-order valence-corrected chi connectivity index (χ3v) is 3.04. The van der Waals surface area contributed by atoms with E-state index < -0.39 is 0 Å². The summed E-state index contributed by atoms with van der Waals surface area (Å²) < 4.78 is 2.93. The summed E-state index contributed by atoms with van der Waals surface area (Å²) >= 11 is 2.23. The maximum atomic E-state index is 9.67. The molecule has 0 spiro atoms. The van der Waals surface area contributed by atoms with Gasteiger partial charge in [0.15, 0.2) is 0 Å². The Balaban J connectivity index is 2.25. The van der Waals surface area contributed by atoms with Crippen LogP contribution in [-0.2, 0) is 0 Å². The molecule has 0 aliphatic rings. The van der Waals surface area contributed by atoms with Gasteiger partial charge in [-0.1, -0.05) is 19.1 Å². The van der Waals surface area contributed by atoms with Gasteiger partial charge in [0.1, 0.15) is 0 Å². The van der Waals surface area contributed by atoms with E-state index in [1.165, 1.54) is 0 Å². The Labute approximate surface area is 108 Å². The average molecular weight is 328 g/mol. The van der Waals surface area contributed by atoms with Crippen LogP contribution in [0.5, 0.6) is 0 Å². The van der Waals surface area contributed by atoms with E-state index in [0.29, 0.717) is 0 Å². The van der Waals surface area contributed by atoms with Gasteiger partial charge in [-0.15, -0.1) is 0 Å². The molecule has 0 bridgehead atoms. The second-order valence-electron chi connectivity index (χ2n) is 3.62. The number of benzene rings is 1. The molecule has 0 aliphatic heterocycles. The molecule has 2 rings (SSSR count). The lowest BCUT2D eigenvalue weighted by Crippen LogP contribution is -1.97. The molecule has 1 aromatic heterocycles. The fraction of sp³-hybridized carbons (Fsp3) is 0.250. The molecule has 0 radical (unpaired) electrons. The summed E-state index contributed by atoms with van der Waals surface area (Å²) in [6.07, 6.45) is 4.15. The van der Waals surface area contributed by atoms with Crippen molar-refractivity contribution < 1.29 is 5.11 Å². The molecule has 0 aliphatic carbocycles. The number of hydrogen-bond acceptors (Lipinski definition) is 2. The summed E-state index contributed by atoms with van der Waals surface area (Å²) in [6.45, 7) is 1.97. The molecule has 4 heteroatoms. The Kier molecular flexibility index (Phi) is 3.60. The van der Waals surface area contributed by atoms with Crippen molar-refractivity contribution in [2.45, 2.75) is 19.4 Å². The van der Waals surface area contributed by atoms with Crippen LogP contribution in [0.15, 0.2) is 36.7 Å². The minimum Gasteiger partial charge on any atom is -0.388 e. The van der Waals surface area contributed by atoms with Crippen molar-refractivity contribution in [2.75, 3.05) is 0 Å². The monoisotopic (exact) mass is 328 g/mol. The third kappa shape index (κ3) is 2.44. The van der Waals surface area contributed by atoms with E-state index in [9.17, 15) is 5.11 Å². The first kappa shape index (κ1) is 11.6. The minimum atomic E-state index is -0.369. The van der Waals surface area contributed by atoms with Crippen LogP contribution in [0.25, 0.3) is 5.69 Å². The van der Waals surface area contributed by atoms with Gasteiger partial charge in [-0.05, 0) is 46.7 Å². The van der Waals surface area contributed by atoms with Gasteiger partial charge in [-0.3, -0.25) is 0 Å². The first-order valence-electron chi connectivity index (χ1n) is 5.19. The van der Waals surface area contributed by atoms with E-state index in [4.69, 9.17) is 0 Å². The molecule has 1 aromatic carbocycles. The van der Waals surface area contributed by atoms with Crippen LogP contribution < -0.4 is 0 Å². The normalized spacial score (nSPS) is 12.7. The van der Waals surface area contributed by atoms with Crippen molar-refractivity contribution in [1.82, 2.24) is 9.78 Å². The summed E-state index contributed by atoms with van der Waals surface area (Å²) in [5.74, 6) is 0. The standard InChI is InChI=1S/C12H13IN2O/c1-2-12(16)9-3-5-11(6-4-9)15-8-10(13)7-14-15/h3-8,12,16H,2H2,1H3/t12-/m1/s1. The van der Waals surface area contributed by atoms with Gasteiger partial charge in [0, 0.05) is 6.20 Å². The summed E-state index contributed by atoms with van der Waals surface area (Å²) in [7, 11) is 0. The van der Waals surface area contributed by atoms with Crippen LogP contribution in [0.3, 0.4) is 0 Å². The maximum Gasteiger partial charge on any atom is 0.0787 e. The zero-order valence-corrected chi connectivity index (χ0v) is 11.1. The highest BCUT2D eigenvalue weighted by molar-refractivity contribution is 14.1. The molecule has 1 heterocycles. The zero-order chi connectivity index (χ0) is 11.5. The topological polar surface area (TPSA) is 38.0 Å². The third-order valence-electron chi connectivity index (χ3n) is 2.48. The maximum absolute atomic E-state index is 9.67. The van der Waals surface area contributed by atoms with E-state index in [1.807, 2.05) is 48.3 Å². The SMILES string of the molecule is CC[C@@H](O)c1ccc(-n2cc(I)cn2)cc1. The molecule has 0 amide bonds. The average Bonchev–Trinajstić information content (AvgIpc) is 2.75. The van der Waals surface area contributed by atoms with Gasteiger partial charge in [-0.2, -0.15) is 5.10 Å². The molecular formula is C12H13IN2O. The van der Waals surface area contributed by atoms with E-state index in [2.05, 4.69) is 27.7 Å². The highest BCUT2D eigenvalue weighted by atomic mass is 127. The molecule has 0 saturated heterocycles. The number of halogens is 1. The number of aliphatic hydroxyl groups is 1. The van der Waals surface area contributed by atoms with Crippen molar-refractivity contribution >= 4 is 22.6 Å². The fourth-order valence-corrected chi connectivity index (χ4v) is 1.92. The van der Waals surface area contributed by atoms with Gasteiger partial charge in [0.2, 0.25) is 0 Å². The molecule has 0 saturated carbocycles. The van der Waals surface area contributed by atoms with Crippen LogP contribution in [0.4, 0.5) is 0 Å². The summed E-state index contributed by atoms with van der Waals surface area (Å²) in [5.41, 5.74) is 1.96. The van der Waals surface area contributed by atoms with Crippen molar-refractivity contribution in [1.29, 1.82) is 0 Å². The summed E-state index contributed by atoms with van der Waals surface area (Å²) in [4.78, 5) is 0. The van der Waals surface area contributed by atoms with Crippen molar-refractivity contribution in [3.8, 4) is 5.69 Å². The van der Waals surface area contributed by atoms with E-state index in [-0.39, 0.29) is 6.10 Å². The van der Waals surface area contributed by atoms with Crippen LogP contribution in [0.1, 0.15) is 25.0 Å². The lowest BCUT2D eigenvalue weighted by Gasteiger charge is -2.08. The number of aromatic nitrogens is 2. The Morgan fingerprint density at radius 2 is 2.06 bits per heavy atom. The Morgan fingerprint density at radius 1 is 1.38 bits per heavy atom. The lowest BCUT2D eigenvalue weighted by molar-refractivity contribution is 0.173. The lowest BCUT2D eigenvalue weighted by atomic mass is 10.1. The quantitative estimate of drug-likeness (QED) is 0.880. The molecule has 1 N–H and O–H groups in total. The number of nitrogens with zero attached hydrogens (tertiary/aromatic N) is 2. The van der Waals surface area contributed by atoms with Crippen LogP contribution in [-0.4, -0.2) is 14.9 Å². The predicted molar refractivity (Wildman–Crippen MR) is 71.5 cm³/mol. The highest BCUT2D eigenvalue weighted by Crippen LogP contribution is 2.18. The zero-order valence-electron chi connectivity index (χ0n) is 8.97. The molecule has 0 unspecified atom stereocenters. The fourth-order valence-electron chi connectivity index (χ4n) is 1.53. The number of aliphatic hydroxyl groups excluding tert-OH is 1. The van der Waals surface area contributed by atoms with Crippen molar-refractivity contribution in [3.63, 3.8) is 0 Å². The molecule has 84 valence electrons. The number of hydrogen-bond donors (Lipinski definition) is 1. The largest absolute Gasteiger partial charge is 0.388 e. The molecule has 0 fully saturated rings. The highest BCUT2D eigenvalue weighted by Gasteiger charge is 2.05. The Bertz CT molecular complexity index is 464. The van der Waals surface area contributed by atoms with Gasteiger partial charge >= 0.3 is 0 Å². The van der Waals surface area contributed by atoms with Crippen LogP contribution >= 0.6 is 22.6 Å². The van der Waals surface area contributed by atoms with Crippen LogP contribution in [0, 0.1) is 3.57 Å². The van der Waals surface area contributed by atoms with Gasteiger partial charge in [-0.25, -0.2) is 4.68 Å². The molecule has 1 atom stereocenters. The first-order chi connectivity index (χ1) is 7.70. The van der Waals surface area contributed by atoms with E-state index >= 15 is 0 Å². The van der Waals surface area contributed by atoms with Gasteiger partial charge < -0.3 is 5.11 Å². The molecular weight excluding hydrogens is 315 g/mol. The minimum absolute atomic E-state index is 0.369. The second-order valence-corrected chi connectivity index (χ2v) is 4.86. The van der Waals surface area contributed by atoms with Gasteiger partial charge in [0.25, 0.3) is 0 Å². The summed E-state index contributed by atoms with van der Waals surface area (Å²) in [5, 5.41) is 13.9. The number of rotatable bonds is 3. The van der Waals surface area contributed by atoms with Gasteiger partial charge in [0.05, 0.1) is 21.6 Å².